The topological polar surface area (TPSA) is 23.6 Å². The van der Waals surface area contributed by atoms with Crippen LogP contribution in [0.2, 0.25) is 0 Å². The van der Waals surface area contributed by atoms with Crippen molar-refractivity contribution < 1.29 is 9.18 Å². The third-order valence-corrected chi connectivity index (χ3v) is 4.09. The summed E-state index contributed by atoms with van der Waals surface area (Å²) in [4.78, 5) is 16.4. The fourth-order valence-corrected chi connectivity index (χ4v) is 2.65. The normalized spacial score (nSPS) is 14.5. The van der Waals surface area contributed by atoms with E-state index in [-0.39, 0.29) is 11.7 Å². The van der Waals surface area contributed by atoms with Crippen molar-refractivity contribution in [3.8, 4) is 0 Å². The lowest BCUT2D eigenvalue weighted by Gasteiger charge is -2.26. The predicted molar refractivity (Wildman–Crippen MR) is 82.6 cm³/mol. The first-order chi connectivity index (χ1) is 10.1. The Morgan fingerprint density at radius 3 is 2.57 bits per heavy atom. The van der Waals surface area contributed by atoms with E-state index in [4.69, 9.17) is 0 Å². The molecular weight excluding hydrogens is 267 g/mol. The Labute approximate surface area is 126 Å². The molecule has 0 saturated heterocycles. The second-order valence-corrected chi connectivity index (χ2v) is 5.65. The highest BCUT2D eigenvalue weighted by molar-refractivity contribution is 5.78. The molecule has 1 aliphatic carbocycles. The van der Waals surface area contributed by atoms with Crippen molar-refractivity contribution in [3.05, 3.63) is 35.6 Å². The Morgan fingerprint density at radius 2 is 2.00 bits per heavy atom. The molecule has 1 aliphatic rings. The number of benzene rings is 1. The summed E-state index contributed by atoms with van der Waals surface area (Å²) in [5.74, 6) is 0.0100. The Morgan fingerprint density at radius 1 is 1.29 bits per heavy atom. The largest absolute Gasteiger partial charge is 0.342 e. The van der Waals surface area contributed by atoms with Gasteiger partial charge < -0.3 is 4.90 Å². The molecule has 0 bridgehead atoms. The predicted octanol–water partition coefficient (Wildman–Crippen LogP) is 2.70. The maximum atomic E-state index is 13.2. The van der Waals surface area contributed by atoms with Crippen molar-refractivity contribution in [3.63, 3.8) is 0 Å². The first kappa shape index (κ1) is 16.0. The van der Waals surface area contributed by atoms with Crippen LogP contribution in [0.15, 0.2) is 24.3 Å². The van der Waals surface area contributed by atoms with Crippen LogP contribution >= 0.6 is 0 Å². The number of hydrogen-bond donors (Lipinski definition) is 0. The van der Waals surface area contributed by atoms with Gasteiger partial charge in [0.15, 0.2) is 0 Å². The lowest BCUT2D eigenvalue weighted by atomic mass is 10.1. The SMILES string of the molecule is CCN(CC)C(=O)CN(CCc1cccc(F)c1)C1CC1. The molecule has 0 aromatic heterocycles. The highest BCUT2D eigenvalue weighted by atomic mass is 19.1. The van der Waals surface area contributed by atoms with Crippen LogP contribution in [0.3, 0.4) is 0 Å². The van der Waals surface area contributed by atoms with Crippen LogP contribution in [0.1, 0.15) is 32.3 Å². The molecule has 1 fully saturated rings. The van der Waals surface area contributed by atoms with E-state index in [1.807, 2.05) is 24.8 Å². The zero-order valence-corrected chi connectivity index (χ0v) is 13.0. The van der Waals surface area contributed by atoms with Gasteiger partial charge in [-0.1, -0.05) is 12.1 Å². The quantitative estimate of drug-likeness (QED) is 0.735. The third-order valence-electron chi connectivity index (χ3n) is 4.09. The maximum absolute atomic E-state index is 13.2. The summed E-state index contributed by atoms with van der Waals surface area (Å²) in [7, 11) is 0. The Balaban J connectivity index is 1.89. The number of nitrogens with zero attached hydrogens (tertiary/aromatic N) is 2. The second-order valence-electron chi connectivity index (χ2n) is 5.65. The third kappa shape index (κ3) is 4.81. The maximum Gasteiger partial charge on any atom is 0.236 e. The summed E-state index contributed by atoms with van der Waals surface area (Å²) >= 11 is 0. The summed E-state index contributed by atoms with van der Waals surface area (Å²) in [5, 5.41) is 0. The van der Waals surface area contributed by atoms with Crippen LogP contribution in [0, 0.1) is 5.82 Å². The Hall–Kier alpha value is -1.42. The molecule has 1 saturated carbocycles. The lowest BCUT2D eigenvalue weighted by molar-refractivity contribution is -0.132. The Kier molecular flexibility index (Phi) is 5.74. The van der Waals surface area contributed by atoms with Gasteiger partial charge in [-0.05, 0) is 50.8 Å². The van der Waals surface area contributed by atoms with E-state index in [1.165, 1.54) is 18.9 Å². The number of halogens is 1. The number of rotatable bonds is 8. The molecule has 4 heteroatoms. The number of carbonyl (C=O) groups excluding carboxylic acids is 1. The highest BCUT2D eigenvalue weighted by Gasteiger charge is 2.30. The monoisotopic (exact) mass is 292 g/mol. The zero-order valence-electron chi connectivity index (χ0n) is 13.0. The van der Waals surface area contributed by atoms with Crippen molar-refractivity contribution in [2.45, 2.75) is 39.2 Å². The summed E-state index contributed by atoms with van der Waals surface area (Å²) in [6, 6.07) is 7.27. The van der Waals surface area contributed by atoms with Crippen LogP contribution < -0.4 is 0 Å². The summed E-state index contributed by atoms with van der Waals surface area (Å²) in [6.07, 6.45) is 3.14. The number of amides is 1. The number of likely N-dealkylation sites (N-methyl/N-ethyl adjacent to an activating group) is 1. The molecule has 0 aliphatic heterocycles. The minimum atomic E-state index is -0.190. The standard InChI is InChI=1S/C17H25FN2O/c1-3-19(4-2)17(21)13-20(16-8-9-16)11-10-14-6-5-7-15(18)12-14/h5-7,12,16H,3-4,8-11,13H2,1-2H3. The van der Waals surface area contributed by atoms with Gasteiger partial charge >= 0.3 is 0 Å². The molecule has 21 heavy (non-hydrogen) atoms. The van der Waals surface area contributed by atoms with Crippen molar-refractivity contribution in [1.29, 1.82) is 0 Å². The van der Waals surface area contributed by atoms with Crippen LogP contribution in [0.25, 0.3) is 0 Å². The molecule has 1 aromatic carbocycles. The van der Waals surface area contributed by atoms with Crippen molar-refractivity contribution >= 4 is 5.91 Å². The minimum Gasteiger partial charge on any atom is -0.342 e. The smallest absolute Gasteiger partial charge is 0.236 e. The van der Waals surface area contributed by atoms with Crippen molar-refractivity contribution in [2.24, 2.45) is 0 Å². The van der Waals surface area contributed by atoms with Gasteiger partial charge in [-0.2, -0.15) is 0 Å². The van der Waals surface area contributed by atoms with Gasteiger partial charge in [0.1, 0.15) is 5.82 Å². The van der Waals surface area contributed by atoms with E-state index in [2.05, 4.69) is 4.90 Å². The first-order valence-corrected chi connectivity index (χ1v) is 7.90. The van der Waals surface area contributed by atoms with Gasteiger partial charge in [0.05, 0.1) is 6.54 Å². The number of hydrogen-bond acceptors (Lipinski definition) is 2. The summed E-state index contributed by atoms with van der Waals surface area (Å²) < 4.78 is 13.2. The van der Waals surface area contributed by atoms with Crippen LogP contribution in [-0.4, -0.2) is 47.9 Å². The molecule has 1 aromatic rings. The molecule has 0 spiro atoms. The molecule has 3 nitrogen and oxygen atoms in total. The Bertz CT molecular complexity index is 470. The van der Waals surface area contributed by atoms with Crippen molar-refractivity contribution in [1.82, 2.24) is 9.80 Å². The molecule has 0 atom stereocenters. The molecule has 1 amide bonds. The fourth-order valence-electron chi connectivity index (χ4n) is 2.65. The fraction of sp³-hybridized carbons (Fsp3) is 0.588. The minimum absolute atomic E-state index is 0.190. The molecule has 2 rings (SSSR count). The van der Waals surface area contributed by atoms with Gasteiger partial charge in [-0.25, -0.2) is 4.39 Å². The summed E-state index contributed by atoms with van der Waals surface area (Å²) in [5.41, 5.74) is 0.996. The average molecular weight is 292 g/mol. The summed E-state index contributed by atoms with van der Waals surface area (Å²) in [6.45, 7) is 6.85. The number of carbonyl (C=O) groups is 1. The molecule has 0 radical (unpaired) electrons. The van der Waals surface area contributed by atoms with Gasteiger partial charge in [0.25, 0.3) is 0 Å². The highest BCUT2D eigenvalue weighted by Crippen LogP contribution is 2.27. The molecule has 0 N–H and O–H groups in total. The second kappa shape index (κ2) is 7.55. The molecule has 116 valence electrons. The van der Waals surface area contributed by atoms with E-state index in [9.17, 15) is 9.18 Å². The average Bonchev–Trinajstić information content (AvgIpc) is 3.29. The van der Waals surface area contributed by atoms with Gasteiger partial charge in [-0.15, -0.1) is 0 Å². The van der Waals surface area contributed by atoms with Crippen molar-refractivity contribution in [2.75, 3.05) is 26.2 Å². The molecular formula is C17H25FN2O. The van der Waals surface area contributed by atoms with Crippen LogP contribution in [-0.2, 0) is 11.2 Å². The van der Waals surface area contributed by atoms with E-state index >= 15 is 0 Å². The zero-order chi connectivity index (χ0) is 15.2. The van der Waals surface area contributed by atoms with Crippen LogP contribution in [0.5, 0.6) is 0 Å². The first-order valence-electron chi connectivity index (χ1n) is 7.90. The van der Waals surface area contributed by atoms with Crippen LogP contribution in [0.4, 0.5) is 4.39 Å². The molecule has 0 unspecified atom stereocenters. The van der Waals surface area contributed by atoms with E-state index < -0.39 is 0 Å². The van der Waals surface area contributed by atoms with Gasteiger partial charge in [0.2, 0.25) is 5.91 Å². The van der Waals surface area contributed by atoms with E-state index in [0.29, 0.717) is 12.6 Å². The van der Waals surface area contributed by atoms with E-state index in [0.717, 1.165) is 31.6 Å². The van der Waals surface area contributed by atoms with Gasteiger partial charge in [-0.3, -0.25) is 9.69 Å². The lowest BCUT2D eigenvalue weighted by Crippen LogP contribution is -2.41. The van der Waals surface area contributed by atoms with Gasteiger partial charge in [0, 0.05) is 25.7 Å². The van der Waals surface area contributed by atoms with E-state index in [1.54, 1.807) is 12.1 Å². The molecule has 0 heterocycles.